The number of hydrogen-bond acceptors (Lipinski definition) is 5. The molecule has 0 fully saturated rings. The van der Waals surface area contributed by atoms with Gasteiger partial charge in [-0.15, -0.1) is 0 Å². The summed E-state index contributed by atoms with van der Waals surface area (Å²) in [6.45, 7) is 0. The fraction of sp³-hybridized carbons (Fsp3) is 0.133. The van der Waals surface area contributed by atoms with Crippen LogP contribution in [0.4, 0.5) is 11.4 Å². The molecule has 0 saturated carbocycles. The minimum Gasteiger partial charge on any atom is -0.506 e. The largest absolute Gasteiger partial charge is 0.506 e. The van der Waals surface area contributed by atoms with E-state index in [1.54, 1.807) is 30.3 Å². The number of phenols is 1. The molecule has 0 radical (unpaired) electrons. The molecule has 7 nitrogen and oxygen atoms in total. The molecule has 0 aliphatic carbocycles. The van der Waals surface area contributed by atoms with E-state index in [1.807, 2.05) is 0 Å². The Labute approximate surface area is 126 Å². The van der Waals surface area contributed by atoms with E-state index in [2.05, 4.69) is 5.32 Å². The maximum atomic E-state index is 12.3. The third-order valence-electron chi connectivity index (χ3n) is 3.02. The van der Waals surface area contributed by atoms with Crippen molar-refractivity contribution in [1.82, 2.24) is 0 Å². The Balaban J connectivity index is 2.24. The second kappa shape index (κ2) is 6.68. The monoisotopic (exact) mass is 302 g/mol. The van der Waals surface area contributed by atoms with Gasteiger partial charge in [0.05, 0.1) is 10.6 Å². The van der Waals surface area contributed by atoms with Gasteiger partial charge in [-0.2, -0.15) is 0 Å². The number of phenolic OH excluding ortho intramolecular Hbond substituents is 1. The Morgan fingerprint density at radius 3 is 2.55 bits per heavy atom. The van der Waals surface area contributed by atoms with Gasteiger partial charge in [0.15, 0.2) is 6.10 Å². The molecule has 0 bridgehead atoms. The summed E-state index contributed by atoms with van der Waals surface area (Å²) in [5.41, 5.74) is 0.353. The standard InChI is InChI=1S/C15H14N2O5/c1-22-14(10-5-3-2-4-6-10)15(19)16-12-9-11(17(20)21)7-8-13(12)18/h2-9,14,18H,1H3,(H,16,19). The Morgan fingerprint density at radius 1 is 1.27 bits per heavy atom. The van der Waals surface area contributed by atoms with Gasteiger partial charge in [-0.25, -0.2) is 0 Å². The lowest BCUT2D eigenvalue weighted by Gasteiger charge is -2.16. The van der Waals surface area contributed by atoms with Gasteiger partial charge in [0.2, 0.25) is 0 Å². The van der Waals surface area contributed by atoms with E-state index in [4.69, 9.17) is 4.74 Å². The van der Waals surface area contributed by atoms with Crippen LogP contribution in [-0.4, -0.2) is 23.0 Å². The van der Waals surface area contributed by atoms with E-state index in [0.717, 1.165) is 18.2 Å². The smallest absolute Gasteiger partial charge is 0.271 e. The van der Waals surface area contributed by atoms with Crippen LogP contribution in [0.3, 0.4) is 0 Å². The maximum absolute atomic E-state index is 12.3. The summed E-state index contributed by atoms with van der Waals surface area (Å²) in [4.78, 5) is 22.4. The van der Waals surface area contributed by atoms with Gasteiger partial charge in [-0.3, -0.25) is 14.9 Å². The van der Waals surface area contributed by atoms with Gasteiger partial charge in [-0.05, 0) is 11.6 Å². The van der Waals surface area contributed by atoms with E-state index in [-0.39, 0.29) is 17.1 Å². The molecule has 2 rings (SSSR count). The lowest BCUT2D eigenvalue weighted by Crippen LogP contribution is -2.22. The number of nitrogens with one attached hydrogen (secondary N) is 1. The first-order valence-electron chi connectivity index (χ1n) is 6.39. The van der Waals surface area contributed by atoms with Crippen molar-refractivity contribution in [3.8, 4) is 5.75 Å². The summed E-state index contributed by atoms with van der Waals surface area (Å²) >= 11 is 0. The molecule has 22 heavy (non-hydrogen) atoms. The fourth-order valence-electron chi connectivity index (χ4n) is 1.96. The van der Waals surface area contributed by atoms with Crippen molar-refractivity contribution < 1.29 is 19.6 Å². The van der Waals surface area contributed by atoms with Crippen LogP contribution in [0.15, 0.2) is 48.5 Å². The van der Waals surface area contributed by atoms with Gasteiger partial charge >= 0.3 is 0 Å². The van der Waals surface area contributed by atoms with Crippen molar-refractivity contribution in [1.29, 1.82) is 0 Å². The van der Waals surface area contributed by atoms with Crippen molar-refractivity contribution in [2.24, 2.45) is 0 Å². The van der Waals surface area contributed by atoms with Crippen molar-refractivity contribution in [3.63, 3.8) is 0 Å². The summed E-state index contributed by atoms with van der Waals surface area (Å²) in [6, 6.07) is 12.2. The number of nitro groups is 1. The number of hydrogen-bond donors (Lipinski definition) is 2. The van der Waals surface area contributed by atoms with Gasteiger partial charge in [-0.1, -0.05) is 30.3 Å². The fourth-order valence-corrected chi connectivity index (χ4v) is 1.96. The molecule has 0 saturated heterocycles. The molecule has 0 heterocycles. The lowest BCUT2D eigenvalue weighted by atomic mass is 10.1. The van der Waals surface area contributed by atoms with Crippen LogP contribution >= 0.6 is 0 Å². The Morgan fingerprint density at radius 2 is 1.95 bits per heavy atom. The minimum absolute atomic E-state index is 0.0443. The summed E-state index contributed by atoms with van der Waals surface area (Å²) in [5.74, 6) is -0.800. The zero-order valence-corrected chi connectivity index (χ0v) is 11.7. The first-order valence-corrected chi connectivity index (χ1v) is 6.39. The molecule has 2 aromatic rings. The van der Waals surface area contributed by atoms with E-state index in [1.165, 1.54) is 7.11 Å². The van der Waals surface area contributed by atoms with Crippen LogP contribution < -0.4 is 5.32 Å². The molecule has 2 aromatic carbocycles. The molecule has 0 aliphatic rings. The van der Waals surface area contributed by atoms with Crippen LogP contribution in [0.1, 0.15) is 11.7 Å². The zero-order valence-electron chi connectivity index (χ0n) is 11.7. The molecule has 0 spiro atoms. The SMILES string of the molecule is COC(C(=O)Nc1cc([N+](=O)[O-])ccc1O)c1ccccc1. The molecule has 1 unspecified atom stereocenters. The predicted molar refractivity (Wildman–Crippen MR) is 79.6 cm³/mol. The Kier molecular flexibility index (Phi) is 4.70. The first kappa shape index (κ1) is 15.5. The second-order valence-electron chi connectivity index (χ2n) is 4.47. The van der Waals surface area contributed by atoms with Crippen LogP contribution in [0.2, 0.25) is 0 Å². The number of anilines is 1. The van der Waals surface area contributed by atoms with Crippen LogP contribution in [0.5, 0.6) is 5.75 Å². The van der Waals surface area contributed by atoms with Crippen LogP contribution in [0, 0.1) is 10.1 Å². The van der Waals surface area contributed by atoms with Crippen molar-refractivity contribution in [3.05, 3.63) is 64.2 Å². The number of nitrogens with zero attached hydrogens (tertiary/aromatic N) is 1. The van der Waals surface area contributed by atoms with Crippen molar-refractivity contribution in [2.45, 2.75) is 6.10 Å². The molecule has 1 amide bonds. The number of non-ortho nitro benzene ring substituents is 1. The summed E-state index contributed by atoms with van der Waals surface area (Å²) in [6.07, 6.45) is -0.889. The molecule has 0 aromatic heterocycles. The van der Waals surface area contributed by atoms with E-state index < -0.39 is 16.9 Å². The number of nitro benzene ring substituents is 1. The number of methoxy groups -OCH3 is 1. The number of carbonyl (C=O) groups excluding carboxylic acids is 1. The highest BCUT2D eigenvalue weighted by Gasteiger charge is 2.21. The van der Waals surface area contributed by atoms with Crippen LogP contribution in [0.25, 0.3) is 0 Å². The Hall–Kier alpha value is -2.93. The molecule has 114 valence electrons. The number of benzene rings is 2. The number of ether oxygens (including phenoxy) is 1. The molecule has 0 aliphatic heterocycles. The predicted octanol–water partition coefficient (Wildman–Crippen LogP) is 2.63. The quantitative estimate of drug-likeness (QED) is 0.502. The average molecular weight is 302 g/mol. The highest BCUT2D eigenvalue weighted by molar-refractivity contribution is 5.96. The van der Waals surface area contributed by atoms with Gasteiger partial charge in [0.25, 0.3) is 11.6 Å². The maximum Gasteiger partial charge on any atom is 0.271 e. The Bertz CT molecular complexity index is 688. The third-order valence-corrected chi connectivity index (χ3v) is 3.02. The number of aromatic hydroxyl groups is 1. The molecule has 1 atom stereocenters. The molecular weight excluding hydrogens is 288 g/mol. The third kappa shape index (κ3) is 3.39. The summed E-state index contributed by atoms with van der Waals surface area (Å²) < 4.78 is 5.16. The number of amides is 1. The van der Waals surface area contributed by atoms with Gasteiger partial charge in [0.1, 0.15) is 5.75 Å². The number of rotatable bonds is 5. The number of carbonyl (C=O) groups is 1. The minimum atomic E-state index is -0.889. The van der Waals surface area contributed by atoms with Crippen molar-refractivity contribution in [2.75, 3.05) is 12.4 Å². The van der Waals surface area contributed by atoms with E-state index in [0.29, 0.717) is 5.56 Å². The van der Waals surface area contributed by atoms with Gasteiger partial charge < -0.3 is 15.2 Å². The highest BCUT2D eigenvalue weighted by Crippen LogP contribution is 2.29. The van der Waals surface area contributed by atoms with Crippen molar-refractivity contribution >= 4 is 17.3 Å². The molecule has 7 heteroatoms. The highest BCUT2D eigenvalue weighted by atomic mass is 16.6. The topological polar surface area (TPSA) is 102 Å². The average Bonchev–Trinajstić information content (AvgIpc) is 2.51. The van der Waals surface area contributed by atoms with E-state index in [9.17, 15) is 20.0 Å². The van der Waals surface area contributed by atoms with Crippen LogP contribution in [-0.2, 0) is 9.53 Å². The summed E-state index contributed by atoms with van der Waals surface area (Å²) in [7, 11) is 1.38. The lowest BCUT2D eigenvalue weighted by molar-refractivity contribution is -0.384. The van der Waals surface area contributed by atoms with Gasteiger partial charge in [0, 0.05) is 19.2 Å². The summed E-state index contributed by atoms with van der Waals surface area (Å²) in [5, 5.41) is 22.9. The second-order valence-corrected chi connectivity index (χ2v) is 4.47. The zero-order chi connectivity index (χ0) is 16.1. The molecule has 2 N–H and O–H groups in total. The normalized spacial score (nSPS) is 11.7. The molecular formula is C15H14N2O5. The first-order chi connectivity index (χ1) is 10.5. The van der Waals surface area contributed by atoms with E-state index >= 15 is 0 Å².